The van der Waals surface area contributed by atoms with E-state index < -0.39 is 21.7 Å². The summed E-state index contributed by atoms with van der Waals surface area (Å²) in [4.78, 5) is 11.3. The number of sulfonamides is 1. The van der Waals surface area contributed by atoms with Gasteiger partial charge in [0.15, 0.2) is 0 Å². The summed E-state index contributed by atoms with van der Waals surface area (Å²) in [5, 5.41) is 0. The fourth-order valence-electron chi connectivity index (χ4n) is 2.24. The molecule has 3 N–H and O–H groups in total. The SMILES string of the molecule is Cc1c(F)cc(C(N)=O)cc1NS(=O)(=O)c1ccc(CCCCl)cc1. The largest absolute Gasteiger partial charge is 0.366 e. The molecule has 2 aromatic rings. The lowest BCUT2D eigenvalue weighted by molar-refractivity contribution is 0.1000. The molecule has 0 unspecified atom stereocenters. The van der Waals surface area contributed by atoms with Gasteiger partial charge in [0, 0.05) is 17.0 Å². The van der Waals surface area contributed by atoms with Crippen LogP contribution in [0, 0.1) is 12.7 Å². The molecule has 0 saturated carbocycles. The number of primary amides is 1. The zero-order valence-corrected chi connectivity index (χ0v) is 15.1. The third-order valence-electron chi connectivity index (χ3n) is 3.71. The van der Waals surface area contributed by atoms with Gasteiger partial charge < -0.3 is 5.73 Å². The third kappa shape index (κ3) is 4.70. The monoisotopic (exact) mass is 384 g/mol. The highest BCUT2D eigenvalue weighted by Crippen LogP contribution is 2.24. The van der Waals surface area contributed by atoms with Crippen LogP contribution in [-0.4, -0.2) is 20.2 Å². The molecule has 0 aliphatic carbocycles. The van der Waals surface area contributed by atoms with E-state index in [9.17, 15) is 17.6 Å². The molecule has 0 fully saturated rings. The molecule has 1 amide bonds. The van der Waals surface area contributed by atoms with Gasteiger partial charge >= 0.3 is 0 Å². The zero-order valence-electron chi connectivity index (χ0n) is 13.6. The van der Waals surface area contributed by atoms with Crippen molar-refractivity contribution in [3.63, 3.8) is 0 Å². The molecule has 2 aromatic carbocycles. The van der Waals surface area contributed by atoms with Gasteiger partial charge in [-0.2, -0.15) is 0 Å². The molecule has 0 atom stereocenters. The van der Waals surface area contributed by atoms with Gasteiger partial charge in [-0.15, -0.1) is 11.6 Å². The normalized spacial score (nSPS) is 11.3. The van der Waals surface area contributed by atoms with E-state index in [1.54, 1.807) is 12.1 Å². The van der Waals surface area contributed by atoms with E-state index in [1.165, 1.54) is 25.1 Å². The molecule has 25 heavy (non-hydrogen) atoms. The number of carbonyl (C=O) groups excluding carboxylic acids is 1. The maximum absolute atomic E-state index is 13.9. The maximum atomic E-state index is 13.9. The summed E-state index contributed by atoms with van der Waals surface area (Å²) in [7, 11) is -3.93. The summed E-state index contributed by atoms with van der Waals surface area (Å²) in [5.74, 6) is -1.03. The van der Waals surface area contributed by atoms with E-state index >= 15 is 0 Å². The van der Waals surface area contributed by atoms with E-state index in [0.29, 0.717) is 5.88 Å². The Balaban J connectivity index is 2.31. The van der Waals surface area contributed by atoms with Crippen molar-refractivity contribution in [1.82, 2.24) is 0 Å². The molecule has 0 saturated heterocycles. The lowest BCUT2D eigenvalue weighted by Crippen LogP contribution is -2.17. The van der Waals surface area contributed by atoms with Crippen molar-refractivity contribution in [2.75, 3.05) is 10.6 Å². The molecule has 0 radical (unpaired) electrons. The van der Waals surface area contributed by atoms with Crippen molar-refractivity contribution in [2.45, 2.75) is 24.7 Å². The number of anilines is 1. The summed E-state index contributed by atoms with van der Waals surface area (Å²) in [6, 6.07) is 8.53. The smallest absolute Gasteiger partial charge is 0.261 e. The van der Waals surface area contributed by atoms with Crippen LogP contribution in [0.5, 0.6) is 0 Å². The number of benzene rings is 2. The van der Waals surface area contributed by atoms with Crippen molar-refractivity contribution >= 4 is 33.2 Å². The average molecular weight is 385 g/mol. The highest BCUT2D eigenvalue weighted by Gasteiger charge is 2.18. The average Bonchev–Trinajstić information content (AvgIpc) is 2.57. The predicted molar refractivity (Wildman–Crippen MR) is 95.9 cm³/mol. The molecule has 0 bridgehead atoms. The summed E-state index contributed by atoms with van der Waals surface area (Å²) in [6.45, 7) is 1.41. The molecule has 5 nitrogen and oxygen atoms in total. The Kier molecular flexibility index (Phi) is 6.02. The van der Waals surface area contributed by atoms with E-state index in [1.807, 2.05) is 0 Å². The standard InChI is InChI=1S/C17H18ClFN2O3S/c1-11-15(19)9-13(17(20)22)10-16(11)21-25(23,24)14-6-4-12(5-7-14)3-2-8-18/h4-7,9-10,21H,2-3,8H2,1H3,(H2,20,22). The predicted octanol–water partition coefficient (Wildman–Crippen LogP) is 3.21. The first-order valence-corrected chi connectivity index (χ1v) is 9.54. The van der Waals surface area contributed by atoms with Crippen molar-refractivity contribution in [3.05, 3.63) is 58.9 Å². The number of hydrogen-bond acceptors (Lipinski definition) is 3. The molecule has 0 heterocycles. The Morgan fingerprint density at radius 1 is 1.24 bits per heavy atom. The lowest BCUT2D eigenvalue weighted by atomic mass is 10.1. The Morgan fingerprint density at radius 2 is 1.88 bits per heavy atom. The van der Waals surface area contributed by atoms with Gasteiger partial charge in [0.05, 0.1) is 10.6 Å². The number of alkyl halides is 1. The lowest BCUT2D eigenvalue weighted by Gasteiger charge is -2.13. The molecular weight excluding hydrogens is 367 g/mol. The number of amides is 1. The number of carbonyl (C=O) groups is 1. The molecule has 0 spiro atoms. The van der Waals surface area contributed by atoms with Crippen molar-refractivity contribution in [2.24, 2.45) is 5.73 Å². The third-order valence-corrected chi connectivity index (χ3v) is 5.35. The summed E-state index contributed by atoms with van der Waals surface area (Å²) in [5.41, 5.74) is 6.05. The minimum Gasteiger partial charge on any atom is -0.366 e. The second-order valence-corrected chi connectivity index (χ2v) is 7.60. The van der Waals surface area contributed by atoms with Gasteiger partial charge in [-0.25, -0.2) is 12.8 Å². The molecule has 0 aromatic heterocycles. The number of hydrogen-bond donors (Lipinski definition) is 2. The number of rotatable bonds is 7. The summed E-state index contributed by atoms with van der Waals surface area (Å²) >= 11 is 5.64. The van der Waals surface area contributed by atoms with Crippen LogP contribution in [0.1, 0.15) is 27.9 Å². The van der Waals surface area contributed by atoms with E-state index in [-0.39, 0.29) is 21.7 Å². The zero-order chi connectivity index (χ0) is 18.6. The fourth-order valence-corrected chi connectivity index (χ4v) is 3.48. The molecular formula is C17H18ClFN2O3S. The first kappa shape index (κ1) is 19.2. The highest BCUT2D eigenvalue weighted by molar-refractivity contribution is 7.92. The van der Waals surface area contributed by atoms with E-state index in [2.05, 4.69) is 4.72 Å². The first-order chi connectivity index (χ1) is 11.7. The summed E-state index contributed by atoms with van der Waals surface area (Å²) in [6.07, 6.45) is 1.55. The van der Waals surface area contributed by atoms with Gasteiger partial charge in [-0.3, -0.25) is 9.52 Å². The number of aryl methyl sites for hydroxylation is 1. The van der Waals surface area contributed by atoms with Crippen LogP contribution in [0.3, 0.4) is 0 Å². The second-order valence-electron chi connectivity index (χ2n) is 5.54. The molecule has 134 valence electrons. The summed E-state index contributed by atoms with van der Waals surface area (Å²) < 4.78 is 41.2. The van der Waals surface area contributed by atoms with Crippen molar-refractivity contribution in [3.8, 4) is 0 Å². The molecule has 2 rings (SSSR count). The van der Waals surface area contributed by atoms with Crippen LogP contribution in [0.4, 0.5) is 10.1 Å². The Morgan fingerprint density at radius 3 is 2.44 bits per heavy atom. The van der Waals surface area contributed by atoms with Gasteiger partial charge in [0.2, 0.25) is 5.91 Å². The van der Waals surface area contributed by atoms with Crippen LogP contribution < -0.4 is 10.5 Å². The Labute approximate surface area is 151 Å². The van der Waals surface area contributed by atoms with E-state index in [4.69, 9.17) is 17.3 Å². The molecule has 0 aliphatic rings. The minimum atomic E-state index is -3.93. The molecule has 0 aliphatic heterocycles. The van der Waals surface area contributed by atoms with E-state index in [0.717, 1.165) is 24.5 Å². The Bertz CT molecular complexity index is 884. The second kappa shape index (κ2) is 7.84. The van der Waals surface area contributed by atoms with Crippen LogP contribution in [0.2, 0.25) is 0 Å². The number of nitrogens with two attached hydrogens (primary N) is 1. The van der Waals surface area contributed by atoms with Crippen LogP contribution >= 0.6 is 11.6 Å². The first-order valence-electron chi connectivity index (χ1n) is 7.52. The fraction of sp³-hybridized carbons (Fsp3) is 0.235. The van der Waals surface area contributed by atoms with Gasteiger partial charge in [-0.05, 0) is 49.6 Å². The molecule has 8 heteroatoms. The maximum Gasteiger partial charge on any atom is 0.261 e. The quantitative estimate of drug-likeness (QED) is 0.718. The highest BCUT2D eigenvalue weighted by atomic mass is 35.5. The topological polar surface area (TPSA) is 89.3 Å². The number of nitrogens with one attached hydrogen (secondary N) is 1. The van der Waals surface area contributed by atoms with Crippen molar-refractivity contribution in [1.29, 1.82) is 0 Å². The van der Waals surface area contributed by atoms with Crippen LogP contribution in [-0.2, 0) is 16.4 Å². The minimum absolute atomic E-state index is 0.0278. The number of halogens is 2. The van der Waals surface area contributed by atoms with Gasteiger partial charge in [0.25, 0.3) is 10.0 Å². The van der Waals surface area contributed by atoms with Gasteiger partial charge in [0.1, 0.15) is 5.82 Å². The van der Waals surface area contributed by atoms with Gasteiger partial charge in [-0.1, -0.05) is 12.1 Å². The Hall–Kier alpha value is -2.12. The van der Waals surface area contributed by atoms with Crippen LogP contribution in [0.25, 0.3) is 0 Å². The van der Waals surface area contributed by atoms with Crippen molar-refractivity contribution < 1.29 is 17.6 Å². The van der Waals surface area contributed by atoms with Crippen LogP contribution in [0.15, 0.2) is 41.3 Å².